The number of hydrogen-bond donors (Lipinski definition) is 2. The molecule has 1 aliphatic rings. The van der Waals surface area contributed by atoms with Gasteiger partial charge in [0.1, 0.15) is 5.75 Å². The van der Waals surface area contributed by atoms with Crippen LogP contribution in [0.1, 0.15) is 12.8 Å². The second-order valence-electron chi connectivity index (χ2n) is 4.49. The minimum Gasteiger partial charge on any atom is -0.495 e. The first-order valence-corrected chi connectivity index (χ1v) is 8.52. The molecule has 7 heteroatoms. The lowest BCUT2D eigenvalue weighted by atomic mass is 10.3. The molecule has 1 fully saturated rings. The molecule has 2 rings (SSSR count). The predicted molar refractivity (Wildman–Crippen MR) is 79.1 cm³/mol. The van der Waals surface area contributed by atoms with Crippen molar-refractivity contribution >= 4 is 31.6 Å². The van der Waals surface area contributed by atoms with Crippen LogP contribution in [-0.4, -0.2) is 33.9 Å². The number of anilines is 1. The van der Waals surface area contributed by atoms with Crippen LogP contribution in [0.3, 0.4) is 0 Å². The van der Waals surface area contributed by atoms with Crippen molar-refractivity contribution in [2.75, 3.05) is 24.1 Å². The molecule has 1 aliphatic carbocycles. The third-order valence-electron chi connectivity index (χ3n) is 2.81. The molecule has 0 unspecified atom stereocenters. The van der Waals surface area contributed by atoms with Gasteiger partial charge in [-0.3, -0.25) is 4.72 Å². The Kier molecular flexibility index (Phi) is 4.70. The highest BCUT2D eigenvalue weighted by Gasteiger charge is 2.21. The number of sulfonamides is 1. The molecule has 5 nitrogen and oxygen atoms in total. The van der Waals surface area contributed by atoms with Crippen LogP contribution in [0.25, 0.3) is 0 Å². The lowest BCUT2D eigenvalue weighted by Crippen LogP contribution is -2.28. The zero-order chi connectivity index (χ0) is 13.9. The zero-order valence-electron chi connectivity index (χ0n) is 10.6. The van der Waals surface area contributed by atoms with Crippen LogP contribution in [0.2, 0.25) is 0 Å². The molecule has 19 heavy (non-hydrogen) atoms. The Bertz CT molecular complexity index is 544. The molecule has 0 aromatic heterocycles. The standard InChI is InChI=1S/C12H17BrN2O3S/c1-18-12-5-2-9(13)8-11(12)15-19(16,17)7-6-14-10-3-4-10/h2,5,8,10,14-15H,3-4,6-7H2,1H3. The van der Waals surface area contributed by atoms with E-state index in [1.54, 1.807) is 18.2 Å². The van der Waals surface area contributed by atoms with Gasteiger partial charge in [0.05, 0.1) is 18.6 Å². The van der Waals surface area contributed by atoms with E-state index in [0.717, 1.165) is 17.3 Å². The van der Waals surface area contributed by atoms with Crippen LogP contribution in [0.5, 0.6) is 5.75 Å². The number of rotatable bonds is 7. The first-order valence-electron chi connectivity index (χ1n) is 6.07. The van der Waals surface area contributed by atoms with Crippen molar-refractivity contribution in [1.82, 2.24) is 5.32 Å². The third kappa shape index (κ3) is 4.67. The smallest absolute Gasteiger partial charge is 0.234 e. The highest BCUT2D eigenvalue weighted by Crippen LogP contribution is 2.28. The number of hydrogen-bond acceptors (Lipinski definition) is 4. The maximum Gasteiger partial charge on any atom is 0.234 e. The second-order valence-corrected chi connectivity index (χ2v) is 7.25. The van der Waals surface area contributed by atoms with Crippen molar-refractivity contribution in [1.29, 1.82) is 0 Å². The van der Waals surface area contributed by atoms with E-state index in [1.807, 2.05) is 0 Å². The van der Waals surface area contributed by atoms with Crippen molar-refractivity contribution in [3.05, 3.63) is 22.7 Å². The van der Waals surface area contributed by atoms with E-state index in [1.165, 1.54) is 7.11 Å². The fraction of sp³-hybridized carbons (Fsp3) is 0.500. The maximum atomic E-state index is 12.0. The molecule has 0 saturated heterocycles. The van der Waals surface area contributed by atoms with Gasteiger partial charge in [-0.05, 0) is 31.0 Å². The van der Waals surface area contributed by atoms with E-state index in [2.05, 4.69) is 26.0 Å². The van der Waals surface area contributed by atoms with E-state index in [-0.39, 0.29) is 5.75 Å². The van der Waals surface area contributed by atoms with Crippen molar-refractivity contribution in [2.45, 2.75) is 18.9 Å². The van der Waals surface area contributed by atoms with Gasteiger partial charge in [-0.25, -0.2) is 8.42 Å². The van der Waals surface area contributed by atoms with Crippen molar-refractivity contribution < 1.29 is 13.2 Å². The molecule has 106 valence electrons. The first-order chi connectivity index (χ1) is 9.00. The molecule has 0 bridgehead atoms. The van der Waals surface area contributed by atoms with Gasteiger partial charge in [0.15, 0.2) is 0 Å². The number of nitrogens with one attached hydrogen (secondary N) is 2. The van der Waals surface area contributed by atoms with Gasteiger partial charge in [0, 0.05) is 17.1 Å². The summed E-state index contributed by atoms with van der Waals surface area (Å²) < 4.78 is 32.4. The van der Waals surface area contributed by atoms with E-state index in [4.69, 9.17) is 4.74 Å². The van der Waals surface area contributed by atoms with Gasteiger partial charge in [-0.2, -0.15) is 0 Å². The molecule has 0 radical (unpaired) electrons. The topological polar surface area (TPSA) is 67.4 Å². The average Bonchev–Trinajstić information content (AvgIpc) is 3.12. The quantitative estimate of drug-likeness (QED) is 0.790. The average molecular weight is 349 g/mol. The van der Waals surface area contributed by atoms with Crippen LogP contribution in [0, 0.1) is 0 Å². The Morgan fingerprint density at radius 2 is 2.16 bits per heavy atom. The molecule has 0 aliphatic heterocycles. The van der Waals surface area contributed by atoms with E-state index < -0.39 is 10.0 Å². The summed E-state index contributed by atoms with van der Waals surface area (Å²) in [5.74, 6) is 0.557. The van der Waals surface area contributed by atoms with Crippen molar-refractivity contribution in [3.63, 3.8) is 0 Å². The van der Waals surface area contributed by atoms with Gasteiger partial charge in [0.2, 0.25) is 10.0 Å². The normalized spacial score (nSPS) is 15.3. The van der Waals surface area contributed by atoms with Crippen molar-refractivity contribution in [3.8, 4) is 5.75 Å². The summed E-state index contributed by atoms with van der Waals surface area (Å²) >= 11 is 3.31. The number of benzene rings is 1. The van der Waals surface area contributed by atoms with Gasteiger partial charge < -0.3 is 10.1 Å². The molecule has 1 saturated carbocycles. The minimum atomic E-state index is -3.37. The van der Waals surface area contributed by atoms with E-state index in [0.29, 0.717) is 24.0 Å². The third-order valence-corrected chi connectivity index (χ3v) is 4.57. The largest absolute Gasteiger partial charge is 0.495 e. The Morgan fingerprint density at radius 3 is 2.79 bits per heavy atom. The minimum absolute atomic E-state index is 0.0547. The highest BCUT2D eigenvalue weighted by molar-refractivity contribution is 9.10. The molecule has 2 N–H and O–H groups in total. The van der Waals surface area contributed by atoms with Crippen LogP contribution in [-0.2, 0) is 10.0 Å². The molecule has 0 heterocycles. The van der Waals surface area contributed by atoms with Gasteiger partial charge in [-0.15, -0.1) is 0 Å². The Balaban J connectivity index is 1.99. The molecular formula is C12H17BrN2O3S. The molecule has 0 atom stereocenters. The summed E-state index contributed by atoms with van der Waals surface area (Å²) in [4.78, 5) is 0. The molecule has 1 aromatic rings. The summed E-state index contributed by atoms with van der Waals surface area (Å²) in [6, 6.07) is 5.70. The highest BCUT2D eigenvalue weighted by atomic mass is 79.9. The first kappa shape index (κ1) is 14.6. The Labute approximate surface area is 121 Å². The second kappa shape index (κ2) is 6.11. The summed E-state index contributed by atoms with van der Waals surface area (Å²) in [7, 11) is -1.86. The van der Waals surface area contributed by atoms with Gasteiger partial charge in [-0.1, -0.05) is 15.9 Å². The molecule has 0 amide bonds. The monoisotopic (exact) mass is 348 g/mol. The number of halogens is 1. The molecule has 1 aromatic carbocycles. The number of methoxy groups -OCH3 is 1. The lowest BCUT2D eigenvalue weighted by Gasteiger charge is -2.12. The Hall–Kier alpha value is -0.790. The zero-order valence-corrected chi connectivity index (χ0v) is 13.1. The van der Waals surface area contributed by atoms with Crippen molar-refractivity contribution in [2.24, 2.45) is 0 Å². The molecular weight excluding hydrogens is 332 g/mol. The van der Waals surface area contributed by atoms with Crippen LogP contribution in [0.15, 0.2) is 22.7 Å². The fourth-order valence-corrected chi connectivity index (χ4v) is 3.01. The van der Waals surface area contributed by atoms with Crippen LogP contribution in [0.4, 0.5) is 5.69 Å². The van der Waals surface area contributed by atoms with Crippen LogP contribution >= 0.6 is 15.9 Å². The Morgan fingerprint density at radius 1 is 1.42 bits per heavy atom. The molecule has 0 spiro atoms. The van der Waals surface area contributed by atoms with Gasteiger partial charge in [0.25, 0.3) is 0 Å². The predicted octanol–water partition coefficient (Wildman–Crippen LogP) is 1.95. The maximum absolute atomic E-state index is 12.0. The summed E-state index contributed by atoms with van der Waals surface area (Å²) in [5.41, 5.74) is 0.447. The van der Waals surface area contributed by atoms with Gasteiger partial charge >= 0.3 is 0 Å². The summed E-state index contributed by atoms with van der Waals surface area (Å²) in [6.45, 7) is 0.469. The fourth-order valence-electron chi connectivity index (χ4n) is 1.66. The summed E-state index contributed by atoms with van der Waals surface area (Å²) in [6.07, 6.45) is 2.29. The van der Waals surface area contributed by atoms with E-state index >= 15 is 0 Å². The number of ether oxygens (including phenoxy) is 1. The summed E-state index contributed by atoms with van der Waals surface area (Å²) in [5, 5.41) is 3.18. The van der Waals surface area contributed by atoms with Crippen LogP contribution < -0.4 is 14.8 Å². The SMILES string of the molecule is COc1ccc(Br)cc1NS(=O)(=O)CCNC1CC1. The lowest BCUT2D eigenvalue weighted by molar-refractivity contribution is 0.417. The van der Waals surface area contributed by atoms with E-state index in [9.17, 15) is 8.42 Å².